The third-order valence-electron chi connectivity index (χ3n) is 3.77. The summed E-state index contributed by atoms with van der Waals surface area (Å²) in [5, 5.41) is 0. The second-order valence-electron chi connectivity index (χ2n) is 5.08. The van der Waals surface area contributed by atoms with Crippen LogP contribution in [-0.2, 0) is 4.79 Å². The molecule has 0 saturated carbocycles. The number of fused-ring (bicyclic) bond motifs is 2. The summed E-state index contributed by atoms with van der Waals surface area (Å²) in [5.41, 5.74) is 1.50. The molecule has 3 aromatic heterocycles. The van der Waals surface area contributed by atoms with E-state index in [4.69, 9.17) is 4.74 Å². The lowest BCUT2D eigenvalue weighted by Crippen LogP contribution is -2.31. The fraction of sp³-hybridized carbons (Fsp3) is 0.125. The lowest BCUT2D eigenvalue weighted by molar-refractivity contribution is -0.135. The van der Waals surface area contributed by atoms with E-state index >= 15 is 0 Å². The van der Waals surface area contributed by atoms with Crippen LogP contribution in [0.3, 0.4) is 0 Å². The van der Waals surface area contributed by atoms with E-state index in [0.717, 1.165) is 5.56 Å². The second kappa shape index (κ2) is 4.77. The van der Waals surface area contributed by atoms with Crippen molar-refractivity contribution in [2.24, 2.45) is 0 Å². The largest absolute Gasteiger partial charge is 0.407 e. The summed E-state index contributed by atoms with van der Waals surface area (Å²) in [6.45, 7) is 0. The Bertz CT molecular complexity index is 934. The first-order valence-corrected chi connectivity index (χ1v) is 6.86. The van der Waals surface area contributed by atoms with Gasteiger partial charge in [0, 0.05) is 24.5 Å². The van der Waals surface area contributed by atoms with Gasteiger partial charge in [-0.1, -0.05) is 6.07 Å². The van der Waals surface area contributed by atoms with Crippen molar-refractivity contribution < 1.29 is 9.53 Å². The van der Waals surface area contributed by atoms with Crippen LogP contribution in [0.4, 0.5) is 0 Å². The van der Waals surface area contributed by atoms with Gasteiger partial charge in [0.25, 0.3) is 5.56 Å². The Kier molecular flexibility index (Phi) is 2.75. The van der Waals surface area contributed by atoms with Gasteiger partial charge in [-0.2, -0.15) is 4.98 Å². The van der Waals surface area contributed by atoms with E-state index in [0.29, 0.717) is 11.2 Å². The highest BCUT2D eigenvalue weighted by Gasteiger charge is 2.33. The standard InChI is InChI=1S/C16H11N3O3/c20-13-9-11(10-4-6-17-7-5-10)14-15(22-13)18-12-3-1-2-8-19(12)16(14)21/h1-8,11H,9H2/t11-/m0/s1. The van der Waals surface area contributed by atoms with Crippen molar-refractivity contribution >= 4 is 11.6 Å². The van der Waals surface area contributed by atoms with Crippen LogP contribution in [0.15, 0.2) is 53.7 Å². The van der Waals surface area contributed by atoms with Gasteiger partial charge >= 0.3 is 5.97 Å². The molecule has 0 bridgehead atoms. The number of hydrogen-bond acceptors (Lipinski definition) is 5. The molecule has 0 aliphatic carbocycles. The Morgan fingerprint density at radius 3 is 2.77 bits per heavy atom. The number of carbonyl (C=O) groups excluding carboxylic acids is 1. The molecule has 4 heterocycles. The minimum atomic E-state index is -0.388. The van der Waals surface area contributed by atoms with Gasteiger partial charge in [-0.25, -0.2) is 0 Å². The van der Waals surface area contributed by atoms with E-state index in [1.807, 2.05) is 0 Å². The Morgan fingerprint density at radius 1 is 1.14 bits per heavy atom. The van der Waals surface area contributed by atoms with Gasteiger partial charge in [-0.15, -0.1) is 0 Å². The molecule has 108 valence electrons. The maximum absolute atomic E-state index is 12.8. The number of pyridine rings is 2. The van der Waals surface area contributed by atoms with E-state index in [1.165, 1.54) is 4.40 Å². The van der Waals surface area contributed by atoms with Crippen LogP contribution in [0.2, 0.25) is 0 Å². The molecule has 4 rings (SSSR count). The Balaban J connectivity index is 2.02. The predicted molar refractivity (Wildman–Crippen MR) is 77.8 cm³/mol. The van der Waals surface area contributed by atoms with E-state index in [2.05, 4.69) is 9.97 Å². The Morgan fingerprint density at radius 2 is 1.95 bits per heavy atom. The molecule has 0 radical (unpaired) electrons. The van der Waals surface area contributed by atoms with Crippen molar-refractivity contribution in [1.82, 2.24) is 14.4 Å². The van der Waals surface area contributed by atoms with E-state index in [1.54, 1.807) is 48.9 Å². The van der Waals surface area contributed by atoms with E-state index in [-0.39, 0.29) is 29.7 Å². The summed E-state index contributed by atoms with van der Waals surface area (Å²) in [7, 11) is 0. The van der Waals surface area contributed by atoms with Gasteiger partial charge in [-0.05, 0) is 29.8 Å². The van der Waals surface area contributed by atoms with Crippen molar-refractivity contribution in [1.29, 1.82) is 0 Å². The topological polar surface area (TPSA) is 73.6 Å². The molecule has 3 aromatic rings. The minimum absolute atomic E-state index is 0.106. The fourth-order valence-electron chi connectivity index (χ4n) is 2.76. The highest BCUT2D eigenvalue weighted by molar-refractivity contribution is 5.77. The molecule has 1 aliphatic rings. The molecule has 0 amide bonds. The number of esters is 1. The zero-order chi connectivity index (χ0) is 15.1. The SMILES string of the molecule is O=C1C[C@@H](c2ccncc2)c2c(nc3ccccn3c2=O)O1. The quantitative estimate of drug-likeness (QED) is 0.636. The third-order valence-corrected chi connectivity index (χ3v) is 3.77. The molecule has 22 heavy (non-hydrogen) atoms. The number of carbonyl (C=O) groups is 1. The van der Waals surface area contributed by atoms with Crippen molar-refractivity contribution in [3.8, 4) is 5.88 Å². The predicted octanol–water partition coefficient (Wildman–Crippen LogP) is 1.53. The normalized spacial score (nSPS) is 17.1. The second-order valence-corrected chi connectivity index (χ2v) is 5.08. The summed E-state index contributed by atoms with van der Waals surface area (Å²) in [5.74, 6) is -0.646. The molecule has 6 nitrogen and oxygen atoms in total. The first-order chi connectivity index (χ1) is 10.7. The highest BCUT2D eigenvalue weighted by Crippen LogP contribution is 2.35. The number of rotatable bonds is 1. The van der Waals surface area contributed by atoms with Gasteiger partial charge in [-0.3, -0.25) is 19.0 Å². The van der Waals surface area contributed by atoms with Gasteiger partial charge in [0.1, 0.15) is 5.65 Å². The van der Waals surface area contributed by atoms with Crippen LogP contribution in [-0.4, -0.2) is 20.3 Å². The Hall–Kier alpha value is -3.02. The molecule has 0 saturated heterocycles. The molecular weight excluding hydrogens is 282 g/mol. The van der Waals surface area contributed by atoms with E-state index in [9.17, 15) is 9.59 Å². The first-order valence-electron chi connectivity index (χ1n) is 6.86. The lowest BCUT2D eigenvalue weighted by Gasteiger charge is -2.23. The van der Waals surface area contributed by atoms with Crippen LogP contribution >= 0.6 is 0 Å². The summed E-state index contributed by atoms with van der Waals surface area (Å²) in [6.07, 6.45) is 5.06. The zero-order valence-electron chi connectivity index (χ0n) is 11.5. The molecule has 1 atom stereocenters. The van der Waals surface area contributed by atoms with Crippen molar-refractivity contribution in [3.63, 3.8) is 0 Å². The monoisotopic (exact) mass is 293 g/mol. The first kappa shape index (κ1) is 12.7. The Labute approximate surface area is 125 Å². The molecule has 0 spiro atoms. The molecule has 0 unspecified atom stereocenters. The van der Waals surface area contributed by atoms with Crippen LogP contribution in [0, 0.1) is 0 Å². The lowest BCUT2D eigenvalue weighted by atomic mass is 9.89. The molecule has 0 N–H and O–H groups in total. The average molecular weight is 293 g/mol. The number of ether oxygens (including phenoxy) is 1. The van der Waals surface area contributed by atoms with Crippen LogP contribution in [0.1, 0.15) is 23.5 Å². The maximum atomic E-state index is 12.8. The third kappa shape index (κ3) is 1.88. The van der Waals surface area contributed by atoms with Gasteiger partial charge in [0.2, 0.25) is 5.88 Å². The van der Waals surface area contributed by atoms with Crippen LogP contribution in [0.25, 0.3) is 5.65 Å². The molecule has 1 aliphatic heterocycles. The van der Waals surface area contributed by atoms with Crippen molar-refractivity contribution in [2.75, 3.05) is 0 Å². The number of aromatic nitrogens is 3. The zero-order valence-corrected chi connectivity index (χ0v) is 11.5. The fourth-order valence-corrected chi connectivity index (χ4v) is 2.76. The molecule has 0 fully saturated rings. The van der Waals surface area contributed by atoms with Gasteiger partial charge < -0.3 is 4.74 Å². The summed E-state index contributed by atoms with van der Waals surface area (Å²) < 4.78 is 6.66. The molecule has 0 aromatic carbocycles. The average Bonchev–Trinajstić information content (AvgIpc) is 2.55. The van der Waals surface area contributed by atoms with Gasteiger partial charge in [0.05, 0.1) is 12.0 Å². The van der Waals surface area contributed by atoms with Crippen LogP contribution in [0.5, 0.6) is 5.88 Å². The highest BCUT2D eigenvalue weighted by atomic mass is 16.5. The number of hydrogen-bond donors (Lipinski definition) is 0. The summed E-state index contributed by atoms with van der Waals surface area (Å²) in [4.78, 5) is 32.9. The number of nitrogens with zero attached hydrogens (tertiary/aromatic N) is 3. The van der Waals surface area contributed by atoms with Gasteiger partial charge in [0.15, 0.2) is 0 Å². The summed E-state index contributed by atoms with van der Waals surface area (Å²) >= 11 is 0. The summed E-state index contributed by atoms with van der Waals surface area (Å²) in [6, 6.07) is 8.84. The molecular formula is C16H11N3O3. The minimum Gasteiger partial charge on any atom is -0.407 e. The van der Waals surface area contributed by atoms with Crippen molar-refractivity contribution in [3.05, 3.63) is 70.4 Å². The van der Waals surface area contributed by atoms with E-state index < -0.39 is 0 Å². The smallest absolute Gasteiger partial charge is 0.313 e. The molecule has 6 heteroatoms. The van der Waals surface area contributed by atoms with Crippen molar-refractivity contribution in [2.45, 2.75) is 12.3 Å². The van der Waals surface area contributed by atoms with Crippen LogP contribution < -0.4 is 10.3 Å². The maximum Gasteiger partial charge on any atom is 0.313 e.